The minimum atomic E-state index is -0.602. The smallest absolute Gasteiger partial charge is 0.257 e. The SMILES string of the molecule is CC#CCN[C@@H]1CN(C(=O)c2ccncc2F)C[C@H]1c1cn(C)cn1. The molecule has 3 rings (SSSR count). The number of aromatic nitrogens is 3. The summed E-state index contributed by atoms with van der Waals surface area (Å²) in [5, 5.41) is 3.37. The highest BCUT2D eigenvalue weighted by Gasteiger charge is 2.37. The summed E-state index contributed by atoms with van der Waals surface area (Å²) in [4.78, 5) is 22.5. The van der Waals surface area contributed by atoms with Gasteiger partial charge in [-0.2, -0.15) is 0 Å². The Morgan fingerprint density at radius 1 is 1.48 bits per heavy atom. The van der Waals surface area contributed by atoms with Crippen LogP contribution in [0.3, 0.4) is 0 Å². The van der Waals surface area contributed by atoms with Gasteiger partial charge in [-0.3, -0.25) is 9.78 Å². The van der Waals surface area contributed by atoms with Crippen molar-refractivity contribution in [1.82, 2.24) is 24.8 Å². The first-order valence-electron chi connectivity index (χ1n) is 8.09. The fourth-order valence-corrected chi connectivity index (χ4v) is 3.09. The Balaban J connectivity index is 1.81. The summed E-state index contributed by atoms with van der Waals surface area (Å²) in [6.07, 6.45) is 6.18. The molecule has 1 aliphatic rings. The molecule has 0 radical (unpaired) electrons. The van der Waals surface area contributed by atoms with Crippen LogP contribution >= 0.6 is 0 Å². The molecule has 0 spiro atoms. The number of pyridine rings is 1. The molecule has 25 heavy (non-hydrogen) atoms. The number of nitrogens with zero attached hydrogens (tertiary/aromatic N) is 4. The van der Waals surface area contributed by atoms with Crippen molar-refractivity contribution in [2.24, 2.45) is 7.05 Å². The van der Waals surface area contributed by atoms with E-state index >= 15 is 0 Å². The molecule has 1 amide bonds. The maximum Gasteiger partial charge on any atom is 0.257 e. The zero-order chi connectivity index (χ0) is 17.8. The van der Waals surface area contributed by atoms with Gasteiger partial charge in [-0.25, -0.2) is 9.37 Å². The molecular formula is C18H20FN5O. The second-order valence-corrected chi connectivity index (χ2v) is 6.05. The molecule has 0 aromatic carbocycles. The third-order valence-electron chi connectivity index (χ3n) is 4.34. The summed E-state index contributed by atoms with van der Waals surface area (Å²) in [5.41, 5.74) is 0.957. The second-order valence-electron chi connectivity index (χ2n) is 6.05. The molecule has 1 saturated heterocycles. The number of imidazole rings is 1. The summed E-state index contributed by atoms with van der Waals surface area (Å²) in [6.45, 7) is 3.28. The van der Waals surface area contributed by atoms with Crippen LogP contribution in [0, 0.1) is 17.7 Å². The predicted molar refractivity (Wildman–Crippen MR) is 91.3 cm³/mol. The van der Waals surface area contributed by atoms with Crippen molar-refractivity contribution in [2.45, 2.75) is 18.9 Å². The first-order chi connectivity index (χ1) is 12.1. The summed E-state index contributed by atoms with van der Waals surface area (Å²) >= 11 is 0. The number of rotatable bonds is 4. The van der Waals surface area contributed by atoms with E-state index in [2.05, 4.69) is 27.1 Å². The minimum Gasteiger partial charge on any atom is -0.340 e. The van der Waals surface area contributed by atoms with Crippen LogP contribution in [0.5, 0.6) is 0 Å². The van der Waals surface area contributed by atoms with E-state index in [1.54, 1.807) is 18.2 Å². The Labute approximate surface area is 146 Å². The van der Waals surface area contributed by atoms with Gasteiger partial charge in [-0.05, 0) is 13.0 Å². The number of halogens is 1. The Bertz CT molecular complexity index is 822. The van der Waals surface area contributed by atoms with Crippen LogP contribution in [0.2, 0.25) is 0 Å². The Hall–Kier alpha value is -2.72. The normalized spacial score (nSPS) is 19.6. The van der Waals surface area contributed by atoms with Crippen molar-refractivity contribution in [3.05, 3.63) is 48.1 Å². The lowest BCUT2D eigenvalue weighted by molar-refractivity contribution is 0.0783. The van der Waals surface area contributed by atoms with Crippen LogP contribution < -0.4 is 5.32 Å². The van der Waals surface area contributed by atoms with Crippen LogP contribution in [-0.2, 0) is 7.05 Å². The number of carbonyl (C=O) groups excluding carboxylic acids is 1. The molecule has 2 atom stereocenters. The largest absolute Gasteiger partial charge is 0.340 e. The van der Waals surface area contributed by atoms with Crippen molar-refractivity contribution in [1.29, 1.82) is 0 Å². The molecule has 7 heteroatoms. The topological polar surface area (TPSA) is 63.1 Å². The molecular weight excluding hydrogens is 321 g/mol. The lowest BCUT2D eigenvalue weighted by Gasteiger charge is -2.17. The van der Waals surface area contributed by atoms with E-state index in [4.69, 9.17) is 0 Å². The number of likely N-dealkylation sites (tertiary alicyclic amines) is 1. The molecule has 130 valence electrons. The zero-order valence-electron chi connectivity index (χ0n) is 14.2. The second kappa shape index (κ2) is 7.45. The molecule has 0 bridgehead atoms. The lowest BCUT2D eigenvalue weighted by Crippen LogP contribution is -2.37. The van der Waals surface area contributed by atoms with E-state index < -0.39 is 5.82 Å². The Morgan fingerprint density at radius 3 is 3.00 bits per heavy atom. The monoisotopic (exact) mass is 341 g/mol. The van der Waals surface area contributed by atoms with E-state index in [-0.39, 0.29) is 23.4 Å². The lowest BCUT2D eigenvalue weighted by atomic mass is 10.0. The maximum atomic E-state index is 13.9. The average molecular weight is 341 g/mol. The van der Waals surface area contributed by atoms with Gasteiger partial charge in [0.25, 0.3) is 5.91 Å². The summed E-state index contributed by atoms with van der Waals surface area (Å²) in [5.74, 6) is 4.93. The number of hydrogen-bond acceptors (Lipinski definition) is 4. The molecule has 0 aliphatic carbocycles. The predicted octanol–water partition coefficient (Wildman–Crippen LogP) is 1.18. The highest BCUT2D eigenvalue weighted by atomic mass is 19.1. The quantitative estimate of drug-likeness (QED) is 0.848. The van der Waals surface area contributed by atoms with E-state index in [1.807, 2.05) is 17.8 Å². The van der Waals surface area contributed by atoms with Gasteiger partial charge in [0.15, 0.2) is 5.82 Å². The van der Waals surface area contributed by atoms with E-state index in [1.165, 1.54) is 12.3 Å². The number of carbonyl (C=O) groups is 1. The van der Waals surface area contributed by atoms with Crippen molar-refractivity contribution in [3.8, 4) is 11.8 Å². The molecule has 3 heterocycles. The molecule has 2 aromatic heterocycles. The molecule has 0 saturated carbocycles. The van der Waals surface area contributed by atoms with Gasteiger partial charge in [0, 0.05) is 44.5 Å². The molecule has 0 unspecified atom stereocenters. The number of amides is 1. The van der Waals surface area contributed by atoms with Crippen molar-refractivity contribution in [2.75, 3.05) is 19.6 Å². The Kier molecular flexibility index (Phi) is 5.10. The van der Waals surface area contributed by atoms with Crippen molar-refractivity contribution >= 4 is 5.91 Å². The summed E-state index contributed by atoms with van der Waals surface area (Å²) in [6, 6.07) is 1.43. The standard InChI is InChI=1S/C18H20FN5O/c1-3-4-6-21-17-11-24(9-14(17)16-10-23(2)12-22-16)18(25)13-5-7-20-8-15(13)19/h5,7-8,10,12,14,17,21H,6,9,11H2,1-2H3/t14-,17+/m0/s1. The number of nitrogens with one attached hydrogen (secondary N) is 1. The van der Waals surface area contributed by atoms with E-state index in [9.17, 15) is 9.18 Å². The minimum absolute atomic E-state index is 0.0181. The van der Waals surface area contributed by atoms with Gasteiger partial charge < -0.3 is 14.8 Å². The van der Waals surface area contributed by atoms with Gasteiger partial charge in [-0.15, -0.1) is 5.92 Å². The van der Waals surface area contributed by atoms with E-state index in [0.717, 1.165) is 11.9 Å². The molecule has 6 nitrogen and oxygen atoms in total. The van der Waals surface area contributed by atoms with Gasteiger partial charge in [0.2, 0.25) is 0 Å². The first-order valence-corrected chi connectivity index (χ1v) is 8.09. The maximum absolute atomic E-state index is 13.9. The third kappa shape index (κ3) is 3.69. The van der Waals surface area contributed by atoms with Crippen molar-refractivity contribution < 1.29 is 9.18 Å². The van der Waals surface area contributed by atoms with Crippen LogP contribution in [0.25, 0.3) is 0 Å². The Morgan fingerprint density at radius 2 is 2.32 bits per heavy atom. The fraction of sp³-hybridized carbons (Fsp3) is 0.389. The van der Waals surface area contributed by atoms with Crippen LogP contribution in [0.15, 0.2) is 31.0 Å². The van der Waals surface area contributed by atoms with Crippen molar-refractivity contribution in [3.63, 3.8) is 0 Å². The highest BCUT2D eigenvalue weighted by molar-refractivity contribution is 5.94. The van der Waals surface area contributed by atoms with Crippen LogP contribution in [0.4, 0.5) is 4.39 Å². The van der Waals surface area contributed by atoms with Crippen LogP contribution in [-0.4, -0.2) is 51.0 Å². The number of hydrogen-bond donors (Lipinski definition) is 1. The van der Waals surface area contributed by atoms with E-state index in [0.29, 0.717) is 19.6 Å². The third-order valence-corrected chi connectivity index (χ3v) is 4.34. The fourth-order valence-electron chi connectivity index (χ4n) is 3.09. The zero-order valence-corrected chi connectivity index (χ0v) is 14.2. The van der Waals surface area contributed by atoms with Gasteiger partial charge in [0.1, 0.15) is 0 Å². The molecule has 1 fully saturated rings. The van der Waals surface area contributed by atoms with Gasteiger partial charge in [0.05, 0.1) is 30.3 Å². The van der Waals surface area contributed by atoms with Crippen LogP contribution in [0.1, 0.15) is 28.9 Å². The molecule has 2 aromatic rings. The summed E-state index contributed by atoms with van der Waals surface area (Å²) < 4.78 is 15.8. The summed E-state index contributed by atoms with van der Waals surface area (Å²) in [7, 11) is 1.91. The van der Waals surface area contributed by atoms with Gasteiger partial charge in [-0.1, -0.05) is 5.92 Å². The highest BCUT2D eigenvalue weighted by Crippen LogP contribution is 2.28. The number of aryl methyl sites for hydroxylation is 1. The first kappa shape index (κ1) is 17.1. The average Bonchev–Trinajstić information content (AvgIpc) is 3.21. The molecule has 1 aliphatic heterocycles. The van der Waals surface area contributed by atoms with Gasteiger partial charge >= 0.3 is 0 Å². The molecule has 1 N–H and O–H groups in total.